The summed E-state index contributed by atoms with van der Waals surface area (Å²) in [5.41, 5.74) is 0. The van der Waals surface area contributed by atoms with Crippen LogP contribution >= 0.6 is 0 Å². The fraction of sp³-hybridized carbons (Fsp3) is 0.917. The number of amides is 1. The Labute approximate surface area is 204 Å². The summed E-state index contributed by atoms with van der Waals surface area (Å²) in [4.78, 5) is 22.7. The van der Waals surface area contributed by atoms with E-state index >= 15 is 0 Å². The molecule has 0 saturated heterocycles. The first-order chi connectivity index (χ1) is 16.3. The van der Waals surface area contributed by atoms with Crippen LogP contribution < -0.4 is 5.32 Å². The van der Waals surface area contributed by atoms with Crippen molar-refractivity contribution in [2.45, 2.75) is 122 Å². The predicted molar refractivity (Wildman–Crippen MR) is 127 cm³/mol. The summed E-state index contributed by atoms with van der Waals surface area (Å²) in [7, 11) is 0. The van der Waals surface area contributed by atoms with Crippen LogP contribution in [0.3, 0.4) is 0 Å². The van der Waals surface area contributed by atoms with Crippen molar-refractivity contribution < 1.29 is 43.9 Å². The van der Waals surface area contributed by atoms with Gasteiger partial charge in [-0.15, -0.1) is 0 Å². The summed E-state index contributed by atoms with van der Waals surface area (Å²) in [6, 6.07) is -0.413. The molecule has 0 aromatic heterocycles. The highest BCUT2D eigenvalue weighted by molar-refractivity contribution is 5.76. The maximum Gasteiger partial charge on any atom is 0.295 e. The summed E-state index contributed by atoms with van der Waals surface area (Å²) >= 11 is 0. The first-order valence-corrected chi connectivity index (χ1v) is 12.5. The summed E-state index contributed by atoms with van der Waals surface area (Å²) in [5, 5.41) is 31.5. The fourth-order valence-corrected chi connectivity index (χ4v) is 3.28. The zero-order valence-corrected chi connectivity index (χ0v) is 21.3. The number of aliphatic hydroxyl groups excluding tert-OH is 3. The van der Waals surface area contributed by atoms with Crippen molar-refractivity contribution in [3.8, 4) is 0 Å². The van der Waals surface area contributed by atoms with Gasteiger partial charge >= 0.3 is 0 Å². The van der Waals surface area contributed by atoms with Gasteiger partial charge in [-0.1, -0.05) is 51.9 Å². The van der Waals surface area contributed by atoms with Gasteiger partial charge in [0.1, 0.15) is 6.10 Å². The quantitative estimate of drug-likeness (QED) is 0.0954. The van der Waals surface area contributed by atoms with Gasteiger partial charge in [0.15, 0.2) is 0 Å². The van der Waals surface area contributed by atoms with Gasteiger partial charge in [0, 0.05) is 6.42 Å². The topological polar surface area (TPSA) is 144 Å². The molecule has 6 atom stereocenters. The van der Waals surface area contributed by atoms with Gasteiger partial charge in [-0.25, -0.2) is 0 Å². The first kappa shape index (κ1) is 32.7. The monoisotopic (exact) mass is 493 g/mol. The molecule has 202 valence electrons. The van der Waals surface area contributed by atoms with E-state index in [1.807, 2.05) is 0 Å². The van der Waals surface area contributed by atoms with Gasteiger partial charge in [-0.2, -0.15) is 0 Å². The van der Waals surface area contributed by atoms with E-state index in [1.165, 1.54) is 32.1 Å². The molecule has 0 aliphatic carbocycles. The number of carbonyl (C=O) groups is 2. The molecule has 10 nitrogen and oxygen atoms in total. The molecule has 0 aliphatic heterocycles. The number of unbranched alkanes of at least 4 members (excludes halogenated alkanes) is 7. The second kappa shape index (κ2) is 21.0. The van der Waals surface area contributed by atoms with Crippen LogP contribution in [0, 0.1) is 0 Å². The molecular weight excluding hydrogens is 446 g/mol. The van der Waals surface area contributed by atoms with E-state index in [0.29, 0.717) is 6.42 Å². The number of aliphatic hydroxyl groups is 3. The van der Waals surface area contributed by atoms with Gasteiger partial charge < -0.3 is 39.6 Å². The molecule has 34 heavy (non-hydrogen) atoms. The van der Waals surface area contributed by atoms with Crippen LogP contribution in [0.5, 0.6) is 0 Å². The molecule has 0 bridgehead atoms. The lowest BCUT2D eigenvalue weighted by Gasteiger charge is -2.29. The van der Waals surface area contributed by atoms with E-state index in [2.05, 4.69) is 17.0 Å². The lowest BCUT2D eigenvalue weighted by Crippen LogP contribution is -2.45. The second-order valence-electron chi connectivity index (χ2n) is 8.70. The molecule has 0 radical (unpaired) electrons. The van der Waals surface area contributed by atoms with Crippen molar-refractivity contribution in [1.82, 2.24) is 5.32 Å². The number of hydrogen-bond donors (Lipinski definition) is 4. The molecule has 0 aliphatic rings. The average molecular weight is 494 g/mol. The van der Waals surface area contributed by atoms with Crippen LogP contribution in [0.1, 0.15) is 85.5 Å². The van der Waals surface area contributed by atoms with Crippen LogP contribution in [0.4, 0.5) is 0 Å². The molecule has 0 fully saturated rings. The molecule has 0 aromatic rings. The number of carbonyl (C=O) groups excluding carboxylic acids is 2. The summed E-state index contributed by atoms with van der Waals surface area (Å²) in [6.45, 7) is 6.63. The normalized spacial score (nSPS) is 16.8. The third-order valence-corrected chi connectivity index (χ3v) is 5.35. The van der Waals surface area contributed by atoms with Crippen LogP contribution in [-0.4, -0.2) is 84.5 Å². The Morgan fingerprint density at radius 3 is 2.06 bits per heavy atom. The number of nitrogens with one attached hydrogen (secondary N) is 1. The lowest BCUT2D eigenvalue weighted by atomic mass is 10.1. The minimum absolute atomic E-state index is 0.0185. The molecule has 0 aromatic carbocycles. The summed E-state index contributed by atoms with van der Waals surface area (Å²) in [5.74, 6) is -0.0783. The largest absolute Gasteiger partial charge is 0.432 e. The fourth-order valence-electron chi connectivity index (χ4n) is 3.28. The van der Waals surface area contributed by atoms with E-state index < -0.39 is 36.9 Å². The smallest absolute Gasteiger partial charge is 0.295 e. The average Bonchev–Trinajstić information content (AvgIpc) is 2.80. The molecule has 0 spiro atoms. The predicted octanol–water partition coefficient (Wildman–Crippen LogP) is 2.02. The highest BCUT2D eigenvalue weighted by atomic mass is 16.7. The molecule has 4 unspecified atom stereocenters. The van der Waals surface area contributed by atoms with E-state index in [4.69, 9.17) is 19.3 Å². The maximum absolute atomic E-state index is 12.2. The second-order valence-corrected chi connectivity index (χ2v) is 8.70. The third kappa shape index (κ3) is 16.3. The maximum atomic E-state index is 12.2. The van der Waals surface area contributed by atoms with Crippen molar-refractivity contribution in [3.05, 3.63) is 0 Å². The first-order valence-electron chi connectivity index (χ1n) is 12.5. The van der Waals surface area contributed by atoms with E-state index in [0.717, 1.165) is 19.3 Å². The van der Waals surface area contributed by atoms with Gasteiger partial charge in [0.2, 0.25) is 12.2 Å². The molecular formula is C24H47NO9. The Hall–Kier alpha value is -1.30. The van der Waals surface area contributed by atoms with Gasteiger partial charge in [-0.3, -0.25) is 9.59 Å². The number of rotatable bonds is 23. The lowest BCUT2D eigenvalue weighted by molar-refractivity contribution is -0.288. The Kier molecular flexibility index (Phi) is 20.2. The van der Waals surface area contributed by atoms with Crippen LogP contribution in [0.2, 0.25) is 0 Å². The zero-order valence-electron chi connectivity index (χ0n) is 21.3. The van der Waals surface area contributed by atoms with Gasteiger partial charge in [0.25, 0.3) is 12.8 Å². The Morgan fingerprint density at radius 1 is 0.912 bits per heavy atom. The molecule has 0 rings (SSSR count). The van der Waals surface area contributed by atoms with Crippen LogP contribution in [0.15, 0.2) is 0 Å². The Bertz CT molecular complexity index is 509. The van der Waals surface area contributed by atoms with Gasteiger partial charge in [-0.05, 0) is 27.2 Å². The van der Waals surface area contributed by atoms with Crippen molar-refractivity contribution in [2.75, 3.05) is 19.8 Å². The third-order valence-electron chi connectivity index (χ3n) is 5.35. The Morgan fingerprint density at radius 2 is 1.50 bits per heavy atom. The van der Waals surface area contributed by atoms with Crippen molar-refractivity contribution in [3.63, 3.8) is 0 Å². The standard InChI is InChI=1S/C24H47NO9/c1-5-6-7-8-9-10-11-12-13-22(29)25-20(4)21(15-27)31-16-19(3)34-24(23(30)32-17-28)33-18(2)14-26/h17-21,23-24,26-27,30H,5-16H2,1-4H3,(H,25,29)/t18?,19-,20?,21?,23+,24?/m1/s1. The summed E-state index contributed by atoms with van der Waals surface area (Å²) < 4.78 is 21.0. The minimum atomic E-state index is -1.68. The van der Waals surface area contributed by atoms with Crippen LogP contribution in [0.25, 0.3) is 0 Å². The number of ether oxygens (including phenoxy) is 4. The number of hydrogen-bond acceptors (Lipinski definition) is 9. The van der Waals surface area contributed by atoms with E-state index in [9.17, 15) is 19.8 Å². The highest BCUT2D eigenvalue weighted by Crippen LogP contribution is 2.12. The molecule has 10 heteroatoms. The van der Waals surface area contributed by atoms with Crippen molar-refractivity contribution in [1.29, 1.82) is 0 Å². The molecule has 4 N–H and O–H groups in total. The van der Waals surface area contributed by atoms with E-state index in [1.54, 1.807) is 20.8 Å². The van der Waals surface area contributed by atoms with E-state index in [-0.39, 0.29) is 32.2 Å². The zero-order chi connectivity index (χ0) is 25.8. The highest BCUT2D eigenvalue weighted by Gasteiger charge is 2.27. The van der Waals surface area contributed by atoms with Crippen molar-refractivity contribution in [2.24, 2.45) is 0 Å². The minimum Gasteiger partial charge on any atom is -0.432 e. The Balaban J connectivity index is 4.35. The van der Waals surface area contributed by atoms with Gasteiger partial charge in [0.05, 0.1) is 38.1 Å². The molecule has 1 amide bonds. The molecule has 0 heterocycles. The van der Waals surface area contributed by atoms with Crippen LogP contribution in [-0.2, 0) is 28.5 Å². The SMILES string of the molecule is CCCCCCCCCCC(=O)NC(C)C(CO)OC[C@@H](C)OC(OC(C)CO)[C@@H](O)OC=O. The molecule has 0 saturated carbocycles. The van der Waals surface area contributed by atoms with Crippen molar-refractivity contribution >= 4 is 12.4 Å². The summed E-state index contributed by atoms with van der Waals surface area (Å²) in [6.07, 6.45) is 4.76.